The quantitative estimate of drug-likeness (QED) is 0.601. The molecule has 1 unspecified atom stereocenters. The molecule has 0 spiro atoms. The average Bonchev–Trinajstić information content (AvgIpc) is 2.30. The number of carbonyl (C=O) groups is 1. The molecule has 0 aliphatic heterocycles. The van der Waals surface area contributed by atoms with Crippen LogP contribution >= 0.6 is 0 Å². The number of carbonyl (C=O) groups excluding carboxylic acids is 1. The van der Waals surface area contributed by atoms with Crippen LogP contribution in [0.25, 0.3) is 0 Å². The molecule has 1 amide bonds. The zero-order valence-corrected chi connectivity index (χ0v) is 11.3. The maximum Gasteiger partial charge on any atom is 0.272 e. The van der Waals surface area contributed by atoms with Crippen molar-refractivity contribution >= 4 is 11.6 Å². The van der Waals surface area contributed by atoms with Crippen molar-refractivity contribution in [1.29, 1.82) is 0 Å². The van der Waals surface area contributed by atoms with Gasteiger partial charge in [0.05, 0.1) is 11.0 Å². The third-order valence-corrected chi connectivity index (χ3v) is 3.10. The van der Waals surface area contributed by atoms with Crippen LogP contribution in [0.5, 0.6) is 0 Å². The van der Waals surface area contributed by atoms with Crippen LogP contribution in [0.2, 0.25) is 0 Å². The predicted molar refractivity (Wildman–Crippen MR) is 72.5 cm³/mol. The van der Waals surface area contributed by atoms with E-state index in [2.05, 4.69) is 5.32 Å². The number of amides is 1. The summed E-state index contributed by atoms with van der Waals surface area (Å²) in [5.41, 5.74) is 6.79. The largest absolute Gasteiger partial charge is 0.368 e. The number of rotatable bonds is 6. The molecule has 0 bridgehead atoms. The average molecular weight is 265 g/mol. The van der Waals surface area contributed by atoms with Gasteiger partial charge in [0.1, 0.15) is 0 Å². The molecular formula is C13H19N3O3. The summed E-state index contributed by atoms with van der Waals surface area (Å²) in [6.45, 7) is 5.86. The summed E-state index contributed by atoms with van der Waals surface area (Å²) >= 11 is 0. The summed E-state index contributed by atoms with van der Waals surface area (Å²) in [6, 6.07) is 4.45. The zero-order valence-electron chi connectivity index (χ0n) is 11.3. The van der Waals surface area contributed by atoms with Gasteiger partial charge in [-0.05, 0) is 18.4 Å². The van der Waals surface area contributed by atoms with Gasteiger partial charge in [-0.3, -0.25) is 14.9 Å². The Labute approximate surface area is 112 Å². The number of hydrogen-bond acceptors (Lipinski definition) is 4. The van der Waals surface area contributed by atoms with Crippen molar-refractivity contribution in [3.05, 3.63) is 39.4 Å². The van der Waals surface area contributed by atoms with E-state index in [1.54, 1.807) is 19.1 Å². The second-order valence-electron chi connectivity index (χ2n) is 4.82. The van der Waals surface area contributed by atoms with Gasteiger partial charge >= 0.3 is 0 Å². The van der Waals surface area contributed by atoms with Gasteiger partial charge in [0.2, 0.25) is 5.91 Å². The third kappa shape index (κ3) is 3.75. The van der Waals surface area contributed by atoms with E-state index in [0.717, 1.165) is 5.56 Å². The molecule has 1 aromatic rings. The third-order valence-electron chi connectivity index (χ3n) is 3.10. The predicted octanol–water partition coefficient (Wildman–Crippen LogP) is 1.50. The van der Waals surface area contributed by atoms with Crippen LogP contribution in [0, 0.1) is 23.0 Å². The lowest BCUT2D eigenvalue weighted by Gasteiger charge is -2.19. The van der Waals surface area contributed by atoms with Crippen molar-refractivity contribution in [3.63, 3.8) is 0 Å². The lowest BCUT2D eigenvalue weighted by atomic mass is 10.0. The molecule has 0 radical (unpaired) electrons. The van der Waals surface area contributed by atoms with Crippen LogP contribution < -0.4 is 11.1 Å². The Morgan fingerprint density at radius 3 is 2.58 bits per heavy atom. The molecule has 0 saturated heterocycles. The maximum absolute atomic E-state index is 11.3. The van der Waals surface area contributed by atoms with E-state index >= 15 is 0 Å². The molecule has 0 saturated carbocycles. The molecule has 0 aliphatic carbocycles. The summed E-state index contributed by atoms with van der Waals surface area (Å²) in [7, 11) is 0. The summed E-state index contributed by atoms with van der Waals surface area (Å²) in [5.74, 6) is -0.352. The monoisotopic (exact) mass is 265 g/mol. The smallest absolute Gasteiger partial charge is 0.272 e. The van der Waals surface area contributed by atoms with Gasteiger partial charge in [0.25, 0.3) is 5.69 Å². The number of nitrogens with zero attached hydrogens (tertiary/aromatic N) is 1. The van der Waals surface area contributed by atoms with Crippen molar-refractivity contribution in [2.24, 2.45) is 11.7 Å². The van der Waals surface area contributed by atoms with E-state index in [1.165, 1.54) is 6.07 Å². The molecular weight excluding hydrogens is 246 g/mol. The van der Waals surface area contributed by atoms with Gasteiger partial charge in [0, 0.05) is 18.2 Å². The number of nitro benzene ring substituents is 1. The molecule has 0 aromatic heterocycles. The van der Waals surface area contributed by atoms with E-state index in [0.29, 0.717) is 12.1 Å². The second-order valence-corrected chi connectivity index (χ2v) is 4.82. The lowest BCUT2D eigenvalue weighted by molar-refractivity contribution is -0.385. The Balaban J connectivity index is 2.86. The topological polar surface area (TPSA) is 98.3 Å². The normalized spacial score (nSPS) is 12.4. The molecule has 0 aliphatic rings. The fourth-order valence-electron chi connectivity index (χ4n) is 1.94. The molecule has 1 atom stereocenters. The minimum Gasteiger partial charge on any atom is -0.368 e. The number of hydrogen-bond donors (Lipinski definition) is 2. The van der Waals surface area contributed by atoms with Crippen molar-refractivity contribution in [1.82, 2.24) is 5.32 Å². The summed E-state index contributed by atoms with van der Waals surface area (Å²) in [4.78, 5) is 21.7. The Hall–Kier alpha value is -1.95. The van der Waals surface area contributed by atoms with Crippen LogP contribution in [0.3, 0.4) is 0 Å². The van der Waals surface area contributed by atoms with Gasteiger partial charge in [-0.1, -0.05) is 26.0 Å². The number of primary amides is 1. The van der Waals surface area contributed by atoms with Gasteiger partial charge in [-0.15, -0.1) is 0 Å². The van der Waals surface area contributed by atoms with Crippen molar-refractivity contribution in [2.45, 2.75) is 33.4 Å². The number of nitrogens with one attached hydrogen (secondary N) is 1. The van der Waals surface area contributed by atoms with Gasteiger partial charge < -0.3 is 11.1 Å². The highest BCUT2D eigenvalue weighted by Gasteiger charge is 2.20. The molecule has 6 heteroatoms. The SMILES string of the molecule is Cc1c(CNC(C(N)=O)C(C)C)cccc1[N+](=O)[O-]. The molecule has 0 heterocycles. The Kier molecular flexibility index (Phi) is 5.00. The fraction of sp³-hybridized carbons (Fsp3) is 0.462. The highest BCUT2D eigenvalue weighted by atomic mass is 16.6. The van der Waals surface area contributed by atoms with E-state index in [9.17, 15) is 14.9 Å². The van der Waals surface area contributed by atoms with E-state index in [1.807, 2.05) is 13.8 Å². The highest BCUT2D eigenvalue weighted by Crippen LogP contribution is 2.21. The minimum absolute atomic E-state index is 0.0662. The maximum atomic E-state index is 11.3. The molecule has 3 N–H and O–H groups in total. The van der Waals surface area contributed by atoms with Crippen LogP contribution in [0.4, 0.5) is 5.69 Å². The first-order chi connectivity index (χ1) is 8.84. The Morgan fingerprint density at radius 2 is 2.11 bits per heavy atom. The first-order valence-corrected chi connectivity index (χ1v) is 6.10. The highest BCUT2D eigenvalue weighted by molar-refractivity contribution is 5.80. The van der Waals surface area contributed by atoms with Crippen LogP contribution in [0.1, 0.15) is 25.0 Å². The van der Waals surface area contributed by atoms with Crippen LogP contribution in [-0.4, -0.2) is 16.9 Å². The first-order valence-electron chi connectivity index (χ1n) is 6.10. The summed E-state index contributed by atoms with van der Waals surface area (Å²) < 4.78 is 0. The molecule has 1 rings (SSSR count). The fourth-order valence-corrected chi connectivity index (χ4v) is 1.94. The van der Waals surface area contributed by atoms with Crippen molar-refractivity contribution in [3.8, 4) is 0 Å². The summed E-state index contributed by atoms with van der Waals surface area (Å²) in [5, 5.41) is 13.9. The number of benzene rings is 1. The first kappa shape index (κ1) is 15.1. The molecule has 19 heavy (non-hydrogen) atoms. The van der Waals surface area contributed by atoms with Crippen LogP contribution in [-0.2, 0) is 11.3 Å². The minimum atomic E-state index is -0.446. The van der Waals surface area contributed by atoms with Crippen molar-refractivity contribution in [2.75, 3.05) is 0 Å². The molecule has 6 nitrogen and oxygen atoms in total. The van der Waals surface area contributed by atoms with Crippen molar-refractivity contribution < 1.29 is 9.72 Å². The van der Waals surface area contributed by atoms with E-state index in [4.69, 9.17) is 5.73 Å². The zero-order chi connectivity index (χ0) is 14.6. The standard InChI is InChI=1S/C13H19N3O3/c1-8(2)12(13(14)17)15-7-10-5-4-6-11(9(10)3)16(18)19/h4-6,8,12,15H,7H2,1-3H3,(H2,14,17). The summed E-state index contributed by atoms with van der Waals surface area (Å²) in [6.07, 6.45) is 0. The Bertz CT molecular complexity index is 486. The second kappa shape index (κ2) is 6.29. The molecule has 1 aromatic carbocycles. The Morgan fingerprint density at radius 1 is 1.47 bits per heavy atom. The number of nitro groups is 1. The van der Waals surface area contributed by atoms with Gasteiger partial charge in [0.15, 0.2) is 0 Å². The van der Waals surface area contributed by atoms with Gasteiger partial charge in [-0.2, -0.15) is 0 Å². The molecule has 104 valence electrons. The lowest BCUT2D eigenvalue weighted by Crippen LogP contribution is -2.44. The van der Waals surface area contributed by atoms with E-state index < -0.39 is 16.9 Å². The number of nitrogens with two attached hydrogens (primary N) is 1. The van der Waals surface area contributed by atoms with E-state index in [-0.39, 0.29) is 11.6 Å². The van der Waals surface area contributed by atoms with Gasteiger partial charge in [-0.25, -0.2) is 0 Å². The van der Waals surface area contributed by atoms with Crippen LogP contribution in [0.15, 0.2) is 18.2 Å². The molecule has 0 fully saturated rings.